The molecule has 1 aliphatic carbocycles. The smallest absolute Gasteiger partial charge is 0.0717 e. The third kappa shape index (κ3) is 3.20. The summed E-state index contributed by atoms with van der Waals surface area (Å²) in [5.41, 5.74) is 1.62. The van der Waals surface area contributed by atoms with Gasteiger partial charge in [0, 0.05) is 15.8 Å². The molecule has 0 heterocycles. The van der Waals surface area contributed by atoms with Gasteiger partial charge < -0.3 is 4.74 Å². The largest absolute Gasteiger partial charge is 0.376 e. The first-order valence-corrected chi connectivity index (χ1v) is 6.62. The lowest BCUT2D eigenvalue weighted by Crippen LogP contribution is -2.11. The van der Waals surface area contributed by atoms with Gasteiger partial charge in [-0.15, -0.1) is 0 Å². The average Bonchev–Trinajstić information content (AvgIpc) is 3.02. The van der Waals surface area contributed by atoms with Crippen LogP contribution in [0.15, 0.2) is 24.3 Å². The topological polar surface area (TPSA) is 9.23 Å². The maximum absolute atomic E-state index is 5.80. The number of benzene rings is 1. The third-order valence-electron chi connectivity index (χ3n) is 2.83. The summed E-state index contributed by atoms with van der Waals surface area (Å²) in [7, 11) is 0. The maximum atomic E-state index is 5.80. The van der Waals surface area contributed by atoms with Crippen molar-refractivity contribution in [1.82, 2.24) is 0 Å². The number of hydrogen-bond donors (Lipinski definition) is 0. The minimum atomic E-state index is 0.437. The molecule has 0 atom stereocenters. The van der Waals surface area contributed by atoms with Crippen LogP contribution in [-0.2, 0) is 11.3 Å². The third-order valence-corrected chi connectivity index (χ3v) is 4.27. The molecule has 15 heavy (non-hydrogen) atoms. The van der Waals surface area contributed by atoms with Gasteiger partial charge in [0.05, 0.1) is 13.2 Å². The highest BCUT2D eigenvalue weighted by atomic mass is 79.9. The number of ether oxygens (including phenoxy) is 1. The molecule has 1 saturated carbocycles. The summed E-state index contributed by atoms with van der Waals surface area (Å²) < 4.78 is 5.70. The van der Waals surface area contributed by atoms with Gasteiger partial charge in [0.1, 0.15) is 0 Å². The van der Waals surface area contributed by atoms with Crippen LogP contribution in [0.2, 0.25) is 5.02 Å². The van der Waals surface area contributed by atoms with Crippen molar-refractivity contribution < 1.29 is 4.74 Å². The first-order valence-electron chi connectivity index (χ1n) is 5.12. The summed E-state index contributed by atoms with van der Waals surface area (Å²) >= 11 is 9.34. The predicted octanol–water partition coefficient (Wildman–Crippen LogP) is 4.03. The Morgan fingerprint density at radius 1 is 1.27 bits per heavy atom. The number of rotatable bonds is 5. The van der Waals surface area contributed by atoms with Gasteiger partial charge in [-0.1, -0.05) is 39.7 Å². The molecular weight excluding hydrogens is 275 g/mol. The summed E-state index contributed by atoms with van der Waals surface area (Å²) in [5.74, 6) is 0. The fourth-order valence-electron chi connectivity index (χ4n) is 1.46. The highest BCUT2D eigenvalue weighted by molar-refractivity contribution is 9.09. The second kappa shape index (κ2) is 4.86. The monoisotopic (exact) mass is 288 g/mol. The highest BCUT2D eigenvalue weighted by Crippen LogP contribution is 2.47. The van der Waals surface area contributed by atoms with Crippen molar-refractivity contribution in [3.63, 3.8) is 0 Å². The molecule has 1 nitrogen and oxygen atoms in total. The Bertz CT molecular complexity index is 319. The summed E-state index contributed by atoms with van der Waals surface area (Å²) in [6, 6.07) is 7.82. The molecule has 1 aromatic rings. The second-order valence-corrected chi connectivity index (χ2v) is 5.25. The molecule has 0 unspecified atom stereocenters. The van der Waals surface area contributed by atoms with Gasteiger partial charge in [-0.3, -0.25) is 0 Å². The molecular formula is C12H14BrClO. The molecule has 82 valence electrons. The average molecular weight is 290 g/mol. The summed E-state index contributed by atoms with van der Waals surface area (Å²) in [5, 5.41) is 1.83. The molecule has 3 heteroatoms. The number of alkyl halides is 1. The molecule has 1 aliphatic rings. The van der Waals surface area contributed by atoms with Gasteiger partial charge >= 0.3 is 0 Å². The zero-order valence-corrected chi connectivity index (χ0v) is 10.9. The van der Waals surface area contributed by atoms with Crippen molar-refractivity contribution in [3.8, 4) is 0 Å². The van der Waals surface area contributed by atoms with E-state index in [0.29, 0.717) is 12.0 Å². The van der Waals surface area contributed by atoms with Gasteiger partial charge in [0.2, 0.25) is 0 Å². The first kappa shape index (κ1) is 11.4. The fraction of sp³-hybridized carbons (Fsp3) is 0.500. The van der Waals surface area contributed by atoms with Gasteiger partial charge in [-0.25, -0.2) is 0 Å². The molecule has 0 aliphatic heterocycles. The zero-order valence-electron chi connectivity index (χ0n) is 8.51. The van der Waals surface area contributed by atoms with Crippen LogP contribution in [0.1, 0.15) is 18.4 Å². The van der Waals surface area contributed by atoms with Crippen molar-refractivity contribution in [2.75, 3.05) is 11.9 Å². The van der Waals surface area contributed by atoms with Crippen molar-refractivity contribution in [2.24, 2.45) is 5.41 Å². The van der Waals surface area contributed by atoms with Crippen LogP contribution in [0.3, 0.4) is 0 Å². The fourth-order valence-corrected chi connectivity index (χ4v) is 2.31. The lowest BCUT2D eigenvalue weighted by Gasteiger charge is -2.11. The van der Waals surface area contributed by atoms with E-state index >= 15 is 0 Å². The van der Waals surface area contributed by atoms with Crippen LogP contribution in [0.4, 0.5) is 0 Å². The van der Waals surface area contributed by atoms with E-state index in [1.165, 1.54) is 18.4 Å². The van der Waals surface area contributed by atoms with Crippen molar-refractivity contribution >= 4 is 27.5 Å². The van der Waals surface area contributed by atoms with Gasteiger partial charge in [0.15, 0.2) is 0 Å². The maximum Gasteiger partial charge on any atom is 0.0717 e. The Morgan fingerprint density at radius 2 is 1.93 bits per heavy atom. The Morgan fingerprint density at radius 3 is 2.47 bits per heavy atom. The van der Waals surface area contributed by atoms with E-state index in [9.17, 15) is 0 Å². The van der Waals surface area contributed by atoms with Crippen LogP contribution in [0.5, 0.6) is 0 Å². The quantitative estimate of drug-likeness (QED) is 0.744. The van der Waals surface area contributed by atoms with Gasteiger partial charge in [-0.05, 0) is 30.5 Å². The van der Waals surface area contributed by atoms with Gasteiger partial charge in [0.25, 0.3) is 0 Å². The van der Waals surface area contributed by atoms with E-state index in [1.54, 1.807) is 0 Å². The lowest BCUT2D eigenvalue weighted by molar-refractivity contribution is 0.0860. The van der Waals surface area contributed by atoms with Crippen LogP contribution in [0.25, 0.3) is 0 Å². The summed E-state index contributed by atoms with van der Waals surface area (Å²) in [4.78, 5) is 0. The van der Waals surface area contributed by atoms with E-state index in [2.05, 4.69) is 15.9 Å². The van der Waals surface area contributed by atoms with E-state index < -0.39 is 0 Å². The number of hydrogen-bond acceptors (Lipinski definition) is 1. The van der Waals surface area contributed by atoms with Crippen LogP contribution in [0, 0.1) is 5.41 Å². The SMILES string of the molecule is Clc1ccc(COCC2(CBr)CC2)cc1. The van der Waals surface area contributed by atoms with E-state index in [0.717, 1.165) is 17.0 Å². The van der Waals surface area contributed by atoms with Crippen molar-refractivity contribution in [2.45, 2.75) is 19.4 Å². The van der Waals surface area contributed by atoms with Crippen LogP contribution < -0.4 is 0 Å². The van der Waals surface area contributed by atoms with Crippen molar-refractivity contribution in [3.05, 3.63) is 34.9 Å². The molecule has 0 amide bonds. The molecule has 0 bridgehead atoms. The molecule has 0 saturated heterocycles. The highest BCUT2D eigenvalue weighted by Gasteiger charge is 2.41. The Kier molecular flexibility index (Phi) is 3.70. The van der Waals surface area contributed by atoms with E-state index in [1.807, 2.05) is 24.3 Å². The molecule has 1 fully saturated rings. The predicted molar refractivity (Wildman–Crippen MR) is 66.6 cm³/mol. The molecule has 0 N–H and O–H groups in total. The Labute approximate surface area is 104 Å². The Balaban J connectivity index is 1.76. The van der Waals surface area contributed by atoms with E-state index in [4.69, 9.17) is 16.3 Å². The molecule has 1 aromatic carbocycles. The molecule has 2 rings (SSSR count). The van der Waals surface area contributed by atoms with E-state index in [-0.39, 0.29) is 0 Å². The second-order valence-electron chi connectivity index (χ2n) is 4.25. The lowest BCUT2D eigenvalue weighted by atomic mass is 10.2. The molecule has 0 radical (unpaired) electrons. The Hall–Kier alpha value is -0.0500. The van der Waals surface area contributed by atoms with Crippen LogP contribution in [-0.4, -0.2) is 11.9 Å². The van der Waals surface area contributed by atoms with Crippen molar-refractivity contribution in [1.29, 1.82) is 0 Å². The standard InChI is InChI=1S/C12H14BrClO/c13-8-12(5-6-12)9-15-7-10-1-3-11(14)4-2-10/h1-4H,5-9H2. The first-order chi connectivity index (χ1) is 7.24. The molecule has 0 aromatic heterocycles. The molecule has 0 spiro atoms. The summed E-state index contributed by atoms with van der Waals surface area (Å²) in [6.45, 7) is 1.55. The minimum Gasteiger partial charge on any atom is -0.376 e. The summed E-state index contributed by atoms with van der Waals surface area (Å²) in [6.07, 6.45) is 2.58. The number of halogens is 2. The normalized spacial score (nSPS) is 17.7. The minimum absolute atomic E-state index is 0.437. The van der Waals surface area contributed by atoms with Gasteiger partial charge in [-0.2, -0.15) is 0 Å². The van der Waals surface area contributed by atoms with Crippen LogP contribution >= 0.6 is 27.5 Å². The zero-order chi connectivity index (χ0) is 10.7.